The van der Waals surface area contributed by atoms with Gasteiger partial charge in [-0.3, -0.25) is 9.69 Å². The zero-order valence-electron chi connectivity index (χ0n) is 19.2. The van der Waals surface area contributed by atoms with E-state index in [0.29, 0.717) is 6.54 Å². The van der Waals surface area contributed by atoms with Crippen molar-refractivity contribution in [3.8, 4) is 11.1 Å². The second-order valence-electron chi connectivity index (χ2n) is 9.72. The number of hydrogen-bond acceptors (Lipinski definition) is 2. The molecular weight excluding hydrogens is 394 g/mol. The van der Waals surface area contributed by atoms with Crippen LogP contribution in [0.25, 0.3) is 22.0 Å². The van der Waals surface area contributed by atoms with Crippen molar-refractivity contribution in [1.82, 2.24) is 14.8 Å². The van der Waals surface area contributed by atoms with Crippen LogP contribution in [0, 0.1) is 12.8 Å². The van der Waals surface area contributed by atoms with Gasteiger partial charge in [0.1, 0.15) is 6.54 Å². The molecule has 3 aromatic rings. The fourth-order valence-corrected chi connectivity index (χ4v) is 5.80. The molecule has 1 aliphatic carbocycles. The van der Waals surface area contributed by atoms with E-state index in [4.69, 9.17) is 0 Å². The van der Waals surface area contributed by atoms with E-state index in [1.165, 1.54) is 67.1 Å². The first kappa shape index (κ1) is 21.3. The van der Waals surface area contributed by atoms with Gasteiger partial charge in [0.15, 0.2) is 0 Å². The lowest BCUT2D eigenvalue weighted by Gasteiger charge is -2.44. The average Bonchev–Trinajstić information content (AvgIpc) is 3.21. The molecule has 168 valence electrons. The highest BCUT2D eigenvalue weighted by Gasteiger charge is 2.32. The molecule has 0 bridgehead atoms. The number of aryl methyl sites for hydroxylation is 1. The Labute approximate surface area is 191 Å². The third-order valence-corrected chi connectivity index (χ3v) is 7.55. The Kier molecular flexibility index (Phi) is 6.31. The summed E-state index contributed by atoms with van der Waals surface area (Å²) < 4.78 is 2.07. The number of carbonyl (C=O) groups is 1. The van der Waals surface area contributed by atoms with Crippen LogP contribution in [0.2, 0.25) is 0 Å². The fourth-order valence-electron chi connectivity index (χ4n) is 5.80. The number of carbonyl (C=O) groups excluding carboxylic acids is 1. The molecule has 4 heteroatoms. The average molecular weight is 430 g/mol. The van der Waals surface area contributed by atoms with E-state index < -0.39 is 0 Å². The van der Waals surface area contributed by atoms with Gasteiger partial charge >= 0.3 is 0 Å². The second-order valence-corrected chi connectivity index (χ2v) is 9.72. The highest BCUT2D eigenvalue weighted by atomic mass is 16.1. The van der Waals surface area contributed by atoms with E-state index in [1.54, 1.807) is 0 Å². The van der Waals surface area contributed by atoms with E-state index >= 15 is 0 Å². The van der Waals surface area contributed by atoms with Gasteiger partial charge in [0, 0.05) is 30.8 Å². The lowest BCUT2D eigenvalue weighted by Crippen LogP contribution is -2.49. The van der Waals surface area contributed by atoms with Crippen molar-refractivity contribution in [3.63, 3.8) is 0 Å². The summed E-state index contributed by atoms with van der Waals surface area (Å²) in [5.74, 6) is 0.989. The molecule has 5 rings (SSSR count). The van der Waals surface area contributed by atoms with Crippen LogP contribution in [0.1, 0.15) is 44.1 Å². The Bertz CT molecular complexity index is 1070. The van der Waals surface area contributed by atoms with Crippen molar-refractivity contribution in [3.05, 3.63) is 60.3 Å². The molecule has 2 heterocycles. The predicted octanol–water partition coefficient (Wildman–Crippen LogP) is 5.39. The van der Waals surface area contributed by atoms with Gasteiger partial charge in [0.25, 0.3) is 0 Å². The van der Waals surface area contributed by atoms with Crippen molar-refractivity contribution >= 4 is 16.8 Å². The van der Waals surface area contributed by atoms with Crippen LogP contribution in [-0.4, -0.2) is 41.1 Å². The Morgan fingerprint density at radius 2 is 1.75 bits per heavy atom. The van der Waals surface area contributed by atoms with E-state index in [1.807, 2.05) is 6.20 Å². The molecule has 0 radical (unpaired) electrons. The SMILES string of the molecule is Cc1ccc(-c2ccc3ccn(CC(=O)NCCN4CCC[C@@H]5CCCC[C@H]54)c3c2)cc1. The minimum atomic E-state index is 0.0976. The van der Waals surface area contributed by atoms with Crippen LogP contribution in [-0.2, 0) is 11.3 Å². The van der Waals surface area contributed by atoms with Crippen LogP contribution in [0.4, 0.5) is 0 Å². The third kappa shape index (κ3) is 4.61. The van der Waals surface area contributed by atoms with E-state index in [9.17, 15) is 4.79 Å². The maximum absolute atomic E-state index is 12.7. The number of benzene rings is 2. The van der Waals surface area contributed by atoms with Crippen LogP contribution < -0.4 is 5.32 Å². The van der Waals surface area contributed by atoms with Gasteiger partial charge in [0.05, 0.1) is 0 Å². The molecule has 1 aromatic heterocycles. The lowest BCUT2D eigenvalue weighted by molar-refractivity contribution is -0.121. The number of likely N-dealkylation sites (tertiary alicyclic amines) is 1. The predicted molar refractivity (Wildman–Crippen MR) is 132 cm³/mol. The van der Waals surface area contributed by atoms with Crippen molar-refractivity contribution in [2.24, 2.45) is 5.92 Å². The van der Waals surface area contributed by atoms with Crippen LogP contribution >= 0.6 is 0 Å². The molecular formula is C28H35N3O. The molecule has 1 aliphatic heterocycles. The highest BCUT2D eigenvalue weighted by molar-refractivity contribution is 5.87. The standard InChI is InChI=1S/C28H35N3O/c1-21-8-10-22(11-9-21)25-13-12-24-14-17-31(27(24)19-25)20-28(32)29-15-18-30-16-4-6-23-5-2-3-7-26(23)30/h8-14,17,19,23,26H,2-7,15-16,18,20H2,1H3,(H,29,32)/t23-,26+/m0/s1. The molecule has 2 aromatic carbocycles. The molecule has 32 heavy (non-hydrogen) atoms. The summed E-state index contributed by atoms with van der Waals surface area (Å²) >= 11 is 0. The number of fused-ring (bicyclic) bond motifs is 2. The lowest BCUT2D eigenvalue weighted by atomic mass is 9.78. The molecule has 0 unspecified atom stereocenters. The number of nitrogens with one attached hydrogen (secondary N) is 1. The van der Waals surface area contributed by atoms with Gasteiger partial charge in [-0.05, 0) is 73.7 Å². The molecule has 0 spiro atoms. The maximum atomic E-state index is 12.7. The monoisotopic (exact) mass is 429 g/mol. The Balaban J connectivity index is 1.20. The largest absolute Gasteiger partial charge is 0.353 e. The van der Waals surface area contributed by atoms with Crippen LogP contribution in [0.15, 0.2) is 54.7 Å². The molecule has 2 atom stereocenters. The van der Waals surface area contributed by atoms with Gasteiger partial charge in [-0.15, -0.1) is 0 Å². The zero-order chi connectivity index (χ0) is 21.9. The van der Waals surface area contributed by atoms with Gasteiger partial charge in [0.2, 0.25) is 5.91 Å². The Hall–Kier alpha value is -2.59. The second kappa shape index (κ2) is 9.50. The van der Waals surface area contributed by atoms with Gasteiger partial charge in [-0.2, -0.15) is 0 Å². The molecule has 2 fully saturated rings. The number of rotatable bonds is 6. The molecule has 1 N–H and O–H groups in total. The normalized spacial score (nSPS) is 21.4. The Morgan fingerprint density at radius 3 is 2.62 bits per heavy atom. The molecule has 1 saturated carbocycles. The smallest absolute Gasteiger partial charge is 0.239 e. The minimum Gasteiger partial charge on any atom is -0.353 e. The topological polar surface area (TPSA) is 37.3 Å². The number of nitrogens with zero attached hydrogens (tertiary/aromatic N) is 2. The number of aromatic nitrogens is 1. The minimum absolute atomic E-state index is 0.0976. The van der Waals surface area contributed by atoms with Gasteiger partial charge < -0.3 is 9.88 Å². The summed E-state index contributed by atoms with van der Waals surface area (Å²) in [7, 11) is 0. The first-order valence-corrected chi connectivity index (χ1v) is 12.3. The molecule has 1 saturated heterocycles. The molecule has 1 amide bonds. The zero-order valence-corrected chi connectivity index (χ0v) is 19.2. The molecule has 4 nitrogen and oxygen atoms in total. The Morgan fingerprint density at radius 1 is 0.969 bits per heavy atom. The first-order valence-electron chi connectivity index (χ1n) is 12.3. The van der Waals surface area contributed by atoms with Crippen LogP contribution in [0.5, 0.6) is 0 Å². The van der Waals surface area contributed by atoms with E-state index in [-0.39, 0.29) is 5.91 Å². The summed E-state index contributed by atoms with van der Waals surface area (Å²) in [6.45, 7) is 5.40. The number of piperidine rings is 1. The van der Waals surface area contributed by atoms with Gasteiger partial charge in [-0.1, -0.05) is 54.8 Å². The maximum Gasteiger partial charge on any atom is 0.239 e. The molecule has 2 aliphatic rings. The van der Waals surface area contributed by atoms with Gasteiger partial charge in [-0.25, -0.2) is 0 Å². The van der Waals surface area contributed by atoms with Crippen molar-refractivity contribution < 1.29 is 4.79 Å². The summed E-state index contributed by atoms with van der Waals surface area (Å²) in [6.07, 6.45) is 10.3. The fraction of sp³-hybridized carbons (Fsp3) is 0.464. The first-order chi connectivity index (χ1) is 15.7. The van der Waals surface area contributed by atoms with Crippen molar-refractivity contribution in [1.29, 1.82) is 0 Å². The third-order valence-electron chi connectivity index (χ3n) is 7.55. The highest BCUT2D eigenvalue weighted by Crippen LogP contribution is 2.34. The number of amides is 1. The van der Waals surface area contributed by atoms with Crippen molar-refractivity contribution in [2.75, 3.05) is 19.6 Å². The summed E-state index contributed by atoms with van der Waals surface area (Å²) in [6, 6.07) is 18.0. The van der Waals surface area contributed by atoms with E-state index in [0.717, 1.165) is 30.6 Å². The summed E-state index contributed by atoms with van der Waals surface area (Å²) in [4.78, 5) is 15.4. The van der Waals surface area contributed by atoms with Crippen LogP contribution in [0.3, 0.4) is 0 Å². The van der Waals surface area contributed by atoms with E-state index in [2.05, 4.69) is 70.2 Å². The number of hydrogen-bond donors (Lipinski definition) is 1. The quantitative estimate of drug-likeness (QED) is 0.571. The summed E-state index contributed by atoms with van der Waals surface area (Å²) in [5, 5.41) is 4.35. The summed E-state index contributed by atoms with van der Waals surface area (Å²) in [5.41, 5.74) is 4.76. The van der Waals surface area contributed by atoms with Crippen molar-refractivity contribution in [2.45, 2.75) is 58.0 Å².